The van der Waals surface area contributed by atoms with E-state index in [0.717, 1.165) is 11.3 Å². The van der Waals surface area contributed by atoms with Gasteiger partial charge in [-0.15, -0.1) is 0 Å². The van der Waals surface area contributed by atoms with E-state index in [1.165, 1.54) is 6.21 Å². The van der Waals surface area contributed by atoms with Gasteiger partial charge in [0, 0.05) is 11.3 Å². The van der Waals surface area contributed by atoms with Crippen LogP contribution in [0.3, 0.4) is 0 Å². The molecule has 0 saturated heterocycles. The molecule has 6 heteroatoms. The Morgan fingerprint density at radius 2 is 1.92 bits per heavy atom. The van der Waals surface area contributed by atoms with Gasteiger partial charge in [-0.2, -0.15) is 0 Å². The molecule has 0 spiro atoms. The second-order valence-corrected chi connectivity index (χ2v) is 4.76. The Morgan fingerprint density at radius 3 is 2.62 bits per heavy atom. The molecule has 0 fully saturated rings. The number of carbonyl (C=O) groups excluding carboxylic acids is 1. The van der Waals surface area contributed by atoms with Crippen molar-refractivity contribution in [1.29, 1.82) is 0 Å². The first-order valence-corrected chi connectivity index (χ1v) is 7.54. The molecule has 0 aromatic heterocycles. The van der Waals surface area contributed by atoms with Crippen molar-refractivity contribution in [1.82, 2.24) is 0 Å². The summed E-state index contributed by atoms with van der Waals surface area (Å²) in [5.41, 5.74) is 1.44. The lowest BCUT2D eigenvalue weighted by Crippen LogP contribution is -2.16. The summed E-state index contributed by atoms with van der Waals surface area (Å²) in [6, 6.07) is 14.5. The minimum absolute atomic E-state index is 0.182. The molecule has 0 aliphatic rings. The summed E-state index contributed by atoms with van der Waals surface area (Å²) in [5, 5.41) is 6.50. The number of rotatable bonds is 8. The maximum absolute atomic E-state index is 11.8. The number of oxime groups is 1. The fourth-order valence-electron chi connectivity index (χ4n) is 1.96. The van der Waals surface area contributed by atoms with Crippen molar-refractivity contribution in [3.05, 3.63) is 54.1 Å². The van der Waals surface area contributed by atoms with Gasteiger partial charge in [-0.1, -0.05) is 17.3 Å². The molecule has 0 atom stereocenters. The summed E-state index contributed by atoms with van der Waals surface area (Å²) in [4.78, 5) is 16.8. The van der Waals surface area contributed by atoms with Gasteiger partial charge in [-0.3, -0.25) is 4.79 Å². The Labute approximate surface area is 141 Å². The molecule has 0 heterocycles. The van der Waals surface area contributed by atoms with E-state index < -0.39 is 0 Å². The number of amides is 1. The predicted molar refractivity (Wildman–Crippen MR) is 92.8 cm³/mol. The second-order valence-electron chi connectivity index (χ2n) is 4.76. The lowest BCUT2D eigenvalue weighted by molar-refractivity contribution is -0.120. The van der Waals surface area contributed by atoms with Crippen LogP contribution < -0.4 is 14.8 Å². The van der Waals surface area contributed by atoms with Crippen molar-refractivity contribution < 1.29 is 19.1 Å². The van der Waals surface area contributed by atoms with Crippen molar-refractivity contribution >= 4 is 17.8 Å². The molecule has 1 N–H and O–H groups in total. The molecule has 2 aromatic rings. The fourth-order valence-corrected chi connectivity index (χ4v) is 1.96. The Morgan fingerprint density at radius 1 is 1.17 bits per heavy atom. The Balaban J connectivity index is 1.79. The molecule has 0 saturated carbocycles. The number of para-hydroxylation sites is 1. The van der Waals surface area contributed by atoms with Crippen molar-refractivity contribution in [3.8, 4) is 11.5 Å². The van der Waals surface area contributed by atoms with Crippen LogP contribution in [0.5, 0.6) is 11.5 Å². The highest BCUT2D eigenvalue weighted by atomic mass is 16.6. The molecule has 0 aliphatic carbocycles. The highest BCUT2D eigenvalue weighted by Gasteiger charge is 2.03. The number of hydrogen-bond donors (Lipinski definition) is 1. The van der Waals surface area contributed by atoms with Gasteiger partial charge in [0.15, 0.2) is 6.61 Å². The summed E-state index contributed by atoms with van der Waals surface area (Å²) < 4.78 is 10.5. The number of hydrogen-bond acceptors (Lipinski definition) is 5. The third-order valence-electron chi connectivity index (χ3n) is 3.05. The van der Waals surface area contributed by atoms with Gasteiger partial charge in [0.25, 0.3) is 5.91 Å². The SMILES string of the molecule is CCOc1ccc(NC(=O)CO/N=C\c2ccccc2OC)cc1. The quantitative estimate of drug-likeness (QED) is 0.597. The fraction of sp³-hybridized carbons (Fsp3) is 0.222. The van der Waals surface area contributed by atoms with E-state index >= 15 is 0 Å². The highest BCUT2D eigenvalue weighted by Crippen LogP contribution is 2.16. The number of benzene rings is 2. The van der Waals surface area contributed by atoms with Gasteiger partial charge < -0.3 is 19.6 Å². The second kappa shape index (κ2) is 9.19. The minimum Gasteiger partial charge on any atom is -0.496 e. The van der Waals surface area contributed by atoms with Gasteiger partial charge >= 0.3 is 0 Å². The topological polar surface area (TPSA) is 69.2 Å². The smallest absolute Gasteiger partial charge is 0.265 e. The van der Waals surface area contributed by atoms with Gasteiger partial charge in [-0.25, -0.2) is 0 Å². The van der Waals surface area contributed by atoms with Crippen molar-refractivity contribution in [2.24, 2.45) is 5.16 Å². The van der Waals surface area contributed by atoms with Crippen molar-refractivity contribution in [2.45, 2.75) is 6.92 Å². The summed E-state index contributed by atoms with van der Waals surface area (Å²) in [6.07, 6.45) is 1.50. The molecule has 6 nitrogen and oxygen atoms in total. The summed E-state index contributed by atoms with van der Waals surface area (Å²) in [7, 11) is 1.58. The van der Waals surface area contributed by atoms with E-state index in [0.29, 0.717) is 18.0 Å². The Hall–Kier alpha value is -3.02. The standard InChI is InChI=1S/C18H20N2O4/c1-3-23-16-10-8-15(9-11-16)20-18(21)13-24-19-12-14-6-4-5-7-17(14)22-2/h4-12H,3,13H2,1-2H3,(H,20,21)/b19-12-. The van der Waals surface area contributed by atoms with Crippen molar-refractivity contribution in [3.63, 3.8) is 0 Å². The lowest BCUT2D eigenvalue weighted by atomic mass is 10.2. The first-order chi connectivity index (χ1) is 11.7. The van der Waals surface area contributed by atoms with Crippen LogP contribution in [-0.4, -0.2) is 32.4 Å². The first-order valence-electron chi connectivity index (χ1n) is 7.54. The van der Waals surface area contributed by atoms with Gasteiger partial charge in [-0.05, 0) is 43.3 Å². The van der Waals surface area contributed by atoms with Gasteiger partial charge in [0.05, 0.1) is 19.9 Å². The van der Waals surface area contributed by atoms with E-state index in [2.05, 4.69) is 10.5 Å². The lowest BCUT2D eigenvalue weighted by Gasteiger charge is -2.06. The van der Waals surface area contributed by atoms with Crippen LogP contribution in [0.2, 0.25) is 0 Å². The van der Waals surface area contributed by atoms with Crippen LogP contribution in [0.25, 0.3) is 0 Å². The maximum Gasteiger partial charge on any atom is 0.265 e. The molecule has 126 valence electrons. The molecule has 0 aliphatic heterocycles. The summed E-state index contributed by atoms with van der Waals surface area (Å²) in [5.74, 6) is 1.15. The maximum atomic E-state index is 11.8. The van der Waals surface area contributed by atoms with E-state index in [9.17, 15) is 4.79 Å². The van der Waals surface area contributed by atoms with Crippen molar-refractivity contribution in [2.75, 3.05) is 25.6 Å². The zero-order valence-corrected chi connectivity index (χ0v) is 13.7. The average molecular weight is 328 g/mol. The average Bonchev–Trinajstić information content (AvgIpc) is 2.61. The molecular formula is C18H20N2O4. The van der Waals surface area contributed by atoms with Crippen LogP contribution in [-0.2, 0) is 9.63 Å². The number of carbonyl (C=O) groups is 1. The van der Waals surface area contributed by atoms with E-state index in [4.69, 9.17) is 14.3 Å². The van der Waals surface area contributed by atoms with Crippen LogP contribution in [0.4, 0.5) is 5.69 Å². The minimum atomic E-state index is -0.295. The normalized spacial score (nSPS) is 10.4. The highest BCUT2D eigenvalue weighted by molar-refractivity contribution is 5.91. The third kappa shape index (κ3) is 5.31. The molecule has 0 unspecified atom stereocenters. The molecule has 0 bridgehead atoms. The molecule has 0 radical (unpaired) electrons. The third-order valence-corrected chi connectivity index (χ3v) is 3.05. The Kier molecular flexibility index (Phi) is 6.64. The number of nitrogens with zero attached hydrogens (tertiary/aromatic N) is 1. The van der Waals surface area contributed by atoms with Crippen LogP contribution in [0.15, 0.2) is 53.7 Å². The number of ether oxygens (including phenoxy) is 2. The molecule has 1 amide bonds. The van der Waals surface area contributed by atoms with E-state index in [1.807, 2.05) is 31.2 Å². The molecule has 2 rings (SSSR count). The molecular weight excluding hydrogens is 308 g/mol. The zero-order chi connectivity index (χ0) is 17.2. The van der Waals surface area contributed by atoms with Crippen LogP contribution in [0.1, 0.15) is 12.5 Å². The van der Waals surface area contributed by atoms with Crippen LogP contribution in [0, 0.1) is 0 Å². The first kappa shape index (κ1) is 17.3. The van der Waals surface area contributed by atoms with E-state index in [1.54, 1.807) is 31.4 Å². The zero-order valence-electron chi connectivity index (χ0n) is 13.7. The van der Waals surface area contributed by atoms with E-state index in [-0.39, 0.29) is 12.5 Å². The predicted octanol–water partition coefficient (Wildman–Crippen LogP) is 3.08. The number of methoxy groups -OCH3 is 1. The molecule has 2 aromatic carbocycles. The Bertz CT molecular complexity index is 684. The monoisotopic (exact) mass is 328 g/mol. The molecule has 24 heavy (non-hydrogen) atoms. The summed E-state index contributed by atoms with van der Waals surface area (Å²) >= 11 is 0. The van der Waals surface area contributed by atoms with Gasteiger partial charge in [0.1, 0.15) is 11.5 Å². The summed E-state index contributed by atoms with van der Waals surface area (Å²) in [6.45, 7) is 2.33. The largest absolute Gasteiger partial charge is 0.496 e. The number of nitrogens with one attached hydrogen (secondary N) is 1. The van der Waals surface area contributed by atoms with Crippen LogP contribution >= 0.6 is 0 Å². The van der Waals surface area contributed by atoms with Gasteiger partial charge in [0.2, 0.25) is 0 Å². The number of anilines is 1.